The molecule has 4 aromatic carbocycles. The summed E-state index contributed by atoms with van der Waals surface area (Å²) in [4.78, 5) is 0. The van der Waals surface area contributed by atoms with Crippen molar-refractivity contribution in [3.63, 3.8) is 0 Å². The van der Waals surface area contributed by atoms with Crippen LogP contribution < -0.4 is 10.1 Å². The maximum atomic E-state index is 15.3. The monoisotopic (exact) mass is 611 g/mol. The first-order chi connectivity index (χ1) is 19.8. The Morgan fingerprint density at radius 3 is 2.07 bits per heavy atom. The molecule has 0 aliphatic carbocycles. The molecule has 4 rings (SSSR count). The summed E-state index contributed by atoms with van der Waals surface area (Å²) in [5, 5.41) is 13.6. The van der Waals surface area contributed by atoms with E-state index in [-0.39, 0.29) is 11.1 Å². The molecule has 2 unspecified atom stereocenters. The summed E-state index contributed by atoms with van der Waals surface area (Å²) in [6.45, 7) is 1.23. The van der Waals surface area contributed by atoms with Crippen LogP contribution in [0.4, 0.5) is 30.7 Å². The van der Waals surface area contributed by atoms with Crippen LogP contribution in [0.15, 0.2) is 84.9 Å². The Balaban J connectivity index is 1.76. The van der Waals surface area contributed by atoms with Gasteiger partial charge in [0.25, 0.3) is 0 Å². The number of halogens is 8. The third kappa shape index (κ3) is 7.42. The molecule has 4 aromatic rings. The fourth-order valence-electron chi connectivity index (χ4n) is 4.47. The van der Waals surface area contributed by atoms with Gasteiger partial charge in [-0.3, -0.25) is 5.32 Å². The van der Waals surface area contributed by atoms with Gasteiger partial charge in [-0.2, -0.15) is 26.3 Å². The van der Waals surface area contributed by atoms with E-state index in [1.165, 1.54) is 18.2 Å². The maximum absolute atomic E-state index is 15.3. The SMILES string of the molecule is CCc1cc(Oc2cccc(C(NC(CO)c3cccc(C(F)(F)F)c3)c3ccc(C(F)(F)F)cc3F)c2)ccc1Cl. The molecule has 0 saturated carbocycles. The van der Waals surface area contributed by atoms with Crippen molar-refractivity contribution in [3.8, 4) is 11.5 Å². The first kappa shape index (κ1) is 31.3. The molecular formula is C31H25ClF7NO2. The summed E-state index contributed by atoms with van der Waals surface area (Å²) in [6, 6.07) is 15.2. The van der Waals surface area contributed by atoms with Gasteiger partial charge in [-0.15, -0.1) is 0 Å². The molecule has 2 atom stereocenters. The van der Waals surface area contributed by atoms with Gasteiger partial charge in [0, 0.05) is 10.6 Å². The minimum Gasteiger partial charge on any atom is -0.457 e. The van der Waals surface area contributed by atoms with E-state index in [1.807, 2.05) is 6.92 Å². The molecule has 0 radical (unpaired) electrons. The van der Waals surface area contributed by atoms with Crippen molar-refractivity contribution in [2.45, 2.75) is 37.8 Å². The highest BCUT2D eigenvalue weighted by Gasteiger charge is 2.33. The standard InChI is InChI=1S/C31H25ClF7NO2/c1-2-18-14-24(10-12-26(18)32)42-23-8-4-6-20(15-23)29(25-11-9-22(16-27(25)33)31(37,38)39)40-28(17-41)19-5-3-7-21(13-19)30(34,35)36/h3-16,28-29,40-41H,2,17H2,1H3. The second-order valence-electron chi connectivity index (χ2n) is 9.47. The van der Waals surface area contributed by atoms with Gasteiger partial charge in [0.05, 0.1) is 29.8 Å². The van der Waals surface area contributed by atoms with Gasteiger partial charge < -0.3 is 9.84 Å². The van der Waals surface area contributed by atoms with Crippen LogP contribution in [0.2, 0.25) is 5.02 Å². The van der Waals surface area contributed by atoms with Gasteiger partial charge in [0.15, 0.2) is 0 Å². The van der Waals surface area contributed by atoms with Crippen molar-refractivity contribution in [1.82, 2.24) is 5.32 Å². The average molecular weight is 612 g/mol. The fourth-order valence-corrected chi connectivity index (χ4v) is 4.72. The zero-order chi connectivity index (χ0) is 30.7. The lowest BCUT2D eigenvalue weighted by atomic mass is 9.94. The molecule has 0 heterocycles. The van der Waals surface area contributed by atoms with Crippen molar-refractivity contribution in [2.75, 3.05) is 6.61 Å². The van der Waals surface area contributed by atoms with E-state index in [0.29, 0.717) is 40.6 Å². The Bertz CT molecular complexity index is 1540. The predicted octanol–water partition coefficient (Wildman–Crippen LogP) is 9.28. The summed E-state index contributed by atoms with van der Waals surface area (Å²) < 4.78 is 101. The third-order valence-corrected chi connectivity index (χ3v) is 7.00. The zero-order valence-electron chi connectivity index (χ0n) is 22.0. The topological polar surface area (TPSA) is 41.5 Å². The molecule has 0 bridgehead atoms. The van der Waals surface area contributed by atoms with E-state index in [4.69, 9.17) is 16.3 Å². The Kier molecular flexibility index (Phi) is 9.50. The van der Waals surface area contributed by atoms with Crippen LogP contribution >= 0.6 is 11.6 Å². The number of aliphatic hydroxyl groups excluding tert-OH is 1. The molecule has 3 nitrogen and oxygen atoms in total. The quantitative estimate of drug-likeness (QED) is 0.185. The first-order valence-corrected chi connectivity index (χ1v) is 13.1. The zero-order valence-corrected chi connectivity index (χ0v) is 22.8. The van der Waals surface area contributed by atoms with E-state index in [9.17, 15) is 31.4 Å². The normalized spacial score (nSPS) is 13.6. The molecule has 0 fully saturated rings. The highest BCUT2D eigenvalue weighted by atomic mass is 35.5. The molecule has 2 N–H and O–H groups in total. The van der Waals surface area contributed by atoms with Crippen LogP contribution in [0.25, 0.3) is 0 Å². The van der Waals surface area contributed by atoms with E-state index in [2.05, 4.69) is 5.32 Å². The molecular weight excluding hydrogens is 587 g/mol. The Labute approximate surface area is 242 Å². The molecule has 0 aliphatic heterocycles. The summed E-state index contributed by atoms with van der Waals surface area (Å²) in [7, 11) is 0. The number of alkyl halides is 6. The largest absolute Gasteiger partial charge is 0.457 e. The second-order valence-corrected chi connectivity index (χ2v) is 9.88. The lowest BCUT2D eigenvalue weighted by Gasteiger charge is -2.27. The average Bonchev–Trinajstić information content (AvgIpc) is 2.94. The van der Waals surface area contributed by atoms with Gasteiger partial charge in [0.2, 0.25) is 0 Å². The third-order valence-electron chi connectivity index (χ3n) is 6.63. The summed E-state index contributed by atoms with van der Waals surface area (Å²) in [5.74, 6) is -0.439. The van der Waals surface area contributed by atoms with Crippen LogP contribution in [0, 0.1) is 5.82 Å². The molecule has 11 heteroatoms. The molecule has 0 aliphatic rings. The Hall–Kier alpha value is -3.60. The minimum atomic E-state index is -4.79. The van der Waals surface area contributed by atoms with Gasteiger partial charge in [-0.1, -0.05) is 48.9 Å². The number of aryl methyl sites for hydroxylation is 1. The van der Waals surface area contributed by atoms with E-state index in [0.717, 1.165) is 23.8 Å². The van der Waals surface area contributed by atoms with Crippen LogP contribution in [-0.2, 0) is 18.8 Å². The van der Waals surface area contributed by atoms with E-state index >= 15 is 4.39 Å². The number of aliphatic hydroxyl groups is 1. The highest BCUT2D eigenvalue weighted by molar-refractivity contribution is 6.31. The Morgan fingerprint density at radius 2 is 1.43 bits per heavy atom. The summed E-state index contributed by atoms with van der Waals surface area (Å²) >= 11 is 6.18. The lowest BCUT2D eigenvalue weighted by Crippen LogP contribution is -2.30. The summed E-state index contributed by atoms with van der Waals surface area (Å²) in [6.07, 6.45) is -8.80. The van der Waals surface area contributed by atoms with Crippen LogP contribution in [0.5, 0.6) is 11.5 Å². The molecule has 0 saturated heterocycles. The van der Waals surface area contributed by atoms with Gasteiger partial charge in [0.1, 0.15) is 17.3 Å². The van der Waals surface area contributed by atoms with Gasteiger partial charge in [-0.05, 0) is 77.7 Å². The molecule has 222 valence electrons. The second kappa shape index (κ2) is 12.7. The van der Waals surface area contributed by atoms with Crippen LogP contribution in [-0.4, -0.2) is 11.7 Å². The van der Waals surface area contributed by atoms with Crippen molar-refractivity contribution < 1.29 is 40.6 Å². The summed E-state index contributed by atoms with van der Waals surface area (Å²) in [5.41, 5.74) is -1.17. The molecule has 0 spiro atoms. The van der Waals surface area contributed by atoms with Crippen LogP contribution in [0.1, 0.15) is 52.4 Å². The Morgan fingerprint density at radius 1 is 0.786 bits per heavy atom. The van der Waals surface area contributed by atoms with E-state index < -0.39 is 48.0 Å². The van der Waals surface area contributed by atoms with E-state index in [1.54, 1.807) is 36.4 Å². The van der Waals surface area contributed by atoms with Crippen LogP contribution in [0.3, 0.4) is 0 Å². The number of ether oxygens (including phenoxy) is 1. The smallest absolute Gasteiger partial charge is 0.416 e. The van der Waals surface area contributed by atoms with Crippen molar-refractivity contribution in [1.29, 1.82) is 0 Å². The van der Waals surface area contributed by atoms with Gasteiger partial charge in [-0.25, -0.2) is 4.39 Å². The fraction of sp³-hybridized carbons (Fsp3) is 0.226. The highest BCUT2D eigenvalue weighted by Crippen LogP contribution is 2.36. The first-order valence-electron chi connectivity index (χ1n) is 12.8. The molecule has 0 aromatic heterocycles. The molecule has 0 amide bonds. The van der Waals surface area contributed by atoms with Gasteiger partial charge >= 0.3 is 12.4 Å². The van der Waals surface area contributed by atoms with Crippen molar-refractivity contribution in [2.24, 2.45) is 0 Å². The number of rotatable bonds is 9. The number of nitrogens with one attached hydrogen (secondary N) is 1. The predicted molar refractivity (Wildman–Crippen MR) is 145 cm³/mol. The molecule has 42 heavy (non-hydrogen) atoms. The number of benzene rings is 4. The maximum Gasteiger partial charge on any atom is 0.416 e. The van der Waals surface area contributed by atoms with Crippen molar-refractivity contribution in [3.05, 3.63) is 129 Å². The number of hydrogen-bond acceptors (Lipinski definition) is 3. The lowest BCUT2D eigenvalue weighted by molar-refractivity contribution is -0.138. The number of hydrogen-bond donors (Lipinski definition) is 2. The van der Waals surface area contributed by atoms with Crippen molar-refractivity contribution >= 4 is 11.6 Å². The minimum absolute atomic E-state index is 0.0466.